The van der Waals surface area contributed by atoms with E-state index in [1.807, 2.05) is 30.6 Å². The summed E-state index contributed by atoms with van der Waals surface area (Å²) in [5, 5.41) is 1.26. The van der Waals surface area contributed by atoms with E-state index in [4.69, 9.17) is 10.7 Å². The van der Waals surface area contributed by atoms with Crippen LogP contribution in [0.5, 0.6) is 0 Å². The maximum Gasteiger partial charge on any atom is 0.123 e. The zero-order valence-electron chi connectivity index (χ0n) is 17.8. The molecule has 5 nitrogen and oxygen atoms in total. The molecule has 0 unspecified atom stereocenters. The molecule has 1 saturated heterocycles. The van der Waals surface area contributed by atoms with Crippen molar-refractivity contribution in [3.63, 3.8) is 0 Å². The summed E-state index contributed by atoms with van der Waals surface area (Å²) in [6, 6.07) is 18.8. The number of nitrogens with two attached hydrogens (primary N) is 1. The Balaban J connectivity index is 1.30. The van der Waals surface area contributed by atoms with Gasteiger partial charge in [-0.05, 0) is 80.4 Å². The highest BCUT2D eigenvalue weighted by molar-refractivity contribution is 5.81. The molecule has 1 aromatic carbocycles. The van der Waals surface area contributed by atoms with Gasteiger partial charge in [-0.3, -0.25) is 14.9 Å². The maximum atomic E-state index is 5.75. The van der Waals surface area contributed by atoms with Crippen molar-refractivity contribution in [1.29, 1.82) is 0 Å². The molecule has 4 aromatic rings. The van der Waals surface area contributed by atoms with Gasteiger partial charge in [0.05, 0.1) is 5.52 Å². The van der Waals surface area contributed by atoms with Gasteiger partial charge < -0.3 is 5.73 Å². The van der Waals surface area contributed by atoms with Crippen LogP contribution in [0.2, 0.25) is 0 Å². The smallest absolute Gasteiger partial charge is 0.123 e. The van der Waals surface area contributed by atoms with E-state index in [2.05, 4.69) is 58.2 Å². The van der Waals surface area contributed by atoms with Crippen LogP contribution in [-0.2, 0) is 6.54 Å². The molecule has 0 atom stereocenters. The average Bonchev–Trinajstić information content (AvgIpc) is 2.80. The number of anilines is 1. The van der Waals surface area contributed by atoms with Crippen molar-refractivity contribution in [2.45, 2.75) is 32.2 Å². The highest BCUT2D eigenvalue weighted by atomic mass is 15.1. The Bertz CT molecular complexity index is 1190. The highest BCUT2D eigenvalue weighted by Gasteiger charge is 2.23. The predicted octanol–water partition coefficient (Wildman–Crippen LogP) is 4.96. The third-order valence-corrected chi connectivity index (χ3v) is 6.23. The quantitative estimate of drug-likeness (QED) is 0.516. The van der Waals surface area contributed by atoms with Crippen LogP contribution in [0.15, 0.2) is 67.0 Å². The fraction of sp³-hybridized carbons (Fsp3) is 0.269. The zero-order chi connectivity index (χ0) is 21.2. The summed E-state index contributed by atoms with van der Waals surface area (Å²) in [5.74, 6) is 1.04. The number of nitrogen functional groups attached to an aromatic ring is 1. The minimum absolute atomic E-state index is 0.492. The number of piperidine rings is 1. The minimum Gasteiger partial charge on any atom is -0.384 e. The van der Waals surface area contributed by atoms with Gasteiger partial charge in [-0.25, -0.2) is 4.98 Å². The molecule has 5 rings (SSSR count). The standard InChI is InChI=1S/C26H27N5/c1-18-14-22(20-6-7-26(27)29-16-20)15-25(30-18)19-9-12-31(13-10-19)17-21-8-11-28-24-5-3-2-4-23(21)24/h2-8,11,14-16,19H,9-10,12-13,17H2,1H3,(H2,27,29). The van der Waals surface area contributed by atoms with E-state index >= 15 is 0 Å². The lowest BCUT2D eigenvalue weighted by Crippen LogP contribution is -2.32. The maximum absolute atomic E-state index is 5.75. The molecule has 156 valence electrons. The topological polar surface area (TPSA) is 67.9 Å². The van der Waals surface area contributed by atoms with Gasteiger partial charge >= 0.3 is 0 Å². The van der Waals surface area contributed by atoms with Crippen LogP contribution >= 0.6 is 0 Å². The molecule has 1 aliphatic rings. The zero-order valence-corrected chi connectivity index (χ0v) is 17.8. The van der Waals surface area contributed by atoms with Gasteiger partial charge in [0.2, 0.25) is 0 Å². The van der Waals surface area contributed by atoms with E-state index < -0.39 is 0 Å². The minimum atomic E-state index is 0.492. The Morgan fingerprint density at radius 2 is 1.81 bits per heavy atom. The monoisotopic (exact) mass is 409 g/mol. The molecule has 4 heterocycles. The molecule has 5 heteroatoms. The Hall–Kier alpha value is -3.31. The Labute approximate surface area is 183 Å². The molecule has 2 N–H and O–H groups in total. The Morgan fingerprint density at radius 1 is 0.968 bits per heavy atom. The van der Waals surface area contributed by atoms with Crippen LogP contribution in [0.4, 0.5) is 5.82 Å². The first kappa shape index (κ1) is 19.6. The Kier molecular flexibility index (Phi) is 5.35. The van der Waals surface area contributed by atoms with Crippen LogP contribution in [0, 0.1) is 6.92 Å². The average molecular weight is 410 g/mol. The molecule has 0 saturated carbocycles. The summed E-state index contributed by atoms with van der Waals surface area (Å²) in [5.41, 5.74) is 12.7. The van der Waals surface area contributed by atoms with Crippen molar-refractivity contribution < 1.29 is 0 Å². The van der Waals surface area contributed by atoms with Crippen LogP contribution < -0.4 is 5.73 Å². The van der Waals surface area contributed by atoms with E-state index in [-0.39, 0.29) is 0 Å². The summed E-state index contributed by atoms with van der Waals surface area (Å²) < 4.78 is 0. The van der Waals surface area contributed by atoms with Crippen molar-refractivity contribution in [1.82, 2.24) is 19.9 Å². The SMILES string of the molecule is Cc1cc(-c2ccc(N)nc2)cc(C2CCN(Cc3ccnc4ccccc34)CC2)n1. The van der Waals surface area contributed by atoms with E-state index in [0.717, 1.165) is 49.2 Å². The molecule has 0 amide bonds. The lowest BCUT2D eigenvalue weighted by atomic mass is 9.91. The van der Waals surface area contributed by atoms with Crippen LogP contribution in [0.25, 0.3) is 22.0 Å². The molecule has 3 aromatic heterocycles. The number of pyridine rings is 3. The second kappa shape index (κ2) is 8.44. The van der Waals surface area contributed by atoms with E-state index in [1.54, 1.807) is 0 Å². The lowest BCUT2D eigenvalue weighted by Gasteiger charge is -2.32. The van der Waals surface area contributed by atoms with Gasteiger partial charge in [0.1, 0.15) is 5.82 Å². The normalized spacial score (nSPS) is 15.4. The van der Waals surface area contributed by atoms with E-state index in [0.29, 0.717) is 11.7 Å². The number of fused-ring (bicyclic) bond motifs is 1. The van der Waals surface area contributed by atoms with Gasteiger partial charge in [-0.1, -0.05) is 18.2 Å². The number of nitrogens with zero attached hydrogens (tertiary/aromatic N) is 4. The largest absolute Gasteiger partial charge is 0.384 e. The number of para-hydroxylation sites is 1. The van der Waals surface area contributed by atoms with Crippen molar-refractivity contribution >= 4 is 16.7 Å². The molecule has 0 bridgehead atoms. The number of aromatic nitrogens is 3. The predicted molar refractivity (Wildman–Crippen MR) is 126 cm³/mol. The van der Waals surface area contributed by atoms with Crippen LogP contribution in [-0.4, -0.2) is 32.9 Å². The number of hydrogen-bond donors (Lipinski definition) is 1. The number of hydrogen-bond acceptors (Lipinski definition) is 5. The highest BCUT2D eigenvalue weighted by Crippen LogP contribution is 2.31. The Morgan fingerprint density at radius 3 is 2.61 bits per heavy atom. The molecule has 31 heavy (non-hydrogen) atoms. The summed E-state index contributed by atoms with van der Waals surface area (Å²) in [4.78, 5) is 16.2. The number of rotatable bonds is 4. The molecular weight excluding hydrogens is 382 g/mol. The molecule has 0 radical (unpaired) electrons. The summed E-state index contributed by atoms with van der Waals surface area (Å²) in [7, 11) is 0. The van der Waals surface area contributed by atoms with Crippen molar-refractivity contribution in [2.24, 2.45) is 0 Å². The van der Waals surface area contributed by atoms with Crippen molar-refractivity contribution in [3.05, 3.63) is 83.9 Å². The van der Waals surface area contributed by atoms with Gasteiger partial charge in [0.25, 0.3) is 0 Å². The number of likely N-dealkylation sites (tertiary alicyclic amines) is 1. The first-order valence-corrected chi connectivity index (χ1v) is 10.9. The van der Waals surface area contributed by atoms with Gasteiger partial charge in [0.15, 0.2) is 0 Å². The second-order valence-corrected chi connectivity index (χ2v) is 8.43. The molecule has 1 aliphatic heterocycles. The second-order valence-electron chi connectivity index (χ2n) is 8.43. The number of aryl methyl sites for hydroxylation is 1. The van der Waals surface area contributed by atoms with Crippen LogP contribution in [0.1, 0.15) is 35.7 Å². The summed E-state index contributed by atoms with van der Waals surface area (Å²) in [6.45, 7) is 5.20. The fourth-order valence-electron chi connectivity index (χ4n) is 4.57. The summed E-state index contributed by atoms with van der Waals surface area (Å²) >= 11 is 0. The van der Waals surface area contributed by atoms with E-state index in [9.17, 15) is 0 Å². The first-order chi connectivity index (χ1) is 15.2. The summed E-state index contributed by atoms with van der Waals surface area (Å²) in [6.07, 6.45) is 6.02. The molecule has 0 aliphatic carbocycles. The first-order valence-electron chi connectivity index (χ1n) is 10.9. The van der Waals surface area contributed by atoms with Crippen molar-refractivity contribution in [3.8, 4) is 11.1 Å². The third-order valence-electron chi connectivity index (χ3n) is 6.23. The lowest BCUT2D eigenvalue weighted by molar-refractivity contribution is 0.204. The molecule has 0 spiro atoms. The van der Waals surface area contributed by atoms with Gasteiger partial charge in [0, 0.05) is 47.2 Å². The van der Waals surface area contributed by atoms with Crippen molar-refractivity contribution in [2.75, 3.05) is 18.8 Å². The third kappa shape index (κ3) is 4.28. The van der Waals surface area contributed by atoms with Gasteiger partial charge in [-0.15, -0.1) is 0 Å². The van der Waals surface area contributed by atoms with Gasteiger partial charge in [-0.2, -0.15) is 0 Å². The van der Waals surface area contributed by atoms with E-state index in [1.165, 1.54) is 22.2 Å². The number of benzene rings is 1. The molecule has 1 fully saturated rings. The van der Waals surface area contributed by atoms with Crippen LogP contribution in [0.3, 0.4) is 0 Å². The molecular formula is C26H27N5. The fourth-order valence-corrected chi connectivity index (χ4v) is 4.57.